The van der Waals surface area contributed by atoms with Crippen LogP contribution in [0.15, 0.2) is 48.5 Å². The van der Waals surface area contributed by atoms with Crippen LogP contribution in [0.1, 0.15) is 27.6 Å². The number of rotatable bonds is 7. The van der Waals surface area contributed by atoms with E-state index in [4.69, 9.17) is 4.74 Å². The van der Waals surface area contributed by atoms with Crippen molar-refractivity contribution in [1.82, 2.24) is 4.90 Å². The summed E-state index contributed by atoms with van der Waals surface area (Å²) in [5.74, 6) is -0.439. The molecule has 0 fully saturated rings. The Morgan fingerprint density at radius 3 is 2.22 bits per heavy atom. The number of urea groups is 1. The van der Waals surface area contributed by atoms with Crippen molar-refractivity contribution in [2.24, 2.45) is 0 Å². The molecule has 2 aromatic rings. The van der Waals surface area contributed by atoms with E-state index in [1.54, 1.807) is 60.4 Å². The Labute approximate surface area is 158 Å². The number of nitrogens with zero attached hydrogens (tertiary/aromatic N) is 1. The minimum Gasteiger partial charge on any atom is -0.462 e. The first kappa shape index (κ1) is 20.1. The number of hydrogen-bond acceptors (Lipinski definition) is 5. The molecule has 0 aliphatic carbocycles. The van der Waals surface area contributed by atoms with Gasteiger partial charge in [0.15, 0.2) is 5.78 Å². The Morgan fingerprint density at radius 1 is 0.926 bits per heavy atom. The van der Waals surface area contributed by atoms with Gasteiger partial charge >= 0.3 is 12.0 Å². The Kier molecular flexibility index (Phi) is 7.08. The zero-order valence-electron chi connectivity index (χ0n) is 15.6. The van der Waals surface area contributed by atoms with Crippen LogP contribution >= 0.6 is 0 Å². The number of benzene rings is 2. The summed E-state index contributed by atoms with van der Waals surface area (Å²) >= 11 is 0. The lowest BCUT2D eigenvalue weighted by Crippen LogP contribution is -2.22. The molecule has 0 aromatic heterocycles. The highest BCUT2D eigenvalue weighted by Gasteiger charge is 2.10. The van der Waals surface area contributed by atoms with Crippen LogP contribution in [0, 0.1) is 0 Å². The second-order valence-electron chi connectivity index (χ2n) is 6.12. The molecule has 2 aromatic carbocycles. The zero-order valence-corrected chi connectivity index (χ0v) is 15.6. The van der Waals surface area contributed by atoms with E-state index < -0.39 is 12.0 Å². The number of carbonyl (C=O) groups excluding carboxylic acids is 3. The molecule has 0 radical (unpaired) electrons. The van der Waals surface area contributed by atoms with Crippen molar-refractivity contribution in [1.29, 1.82) is 0 Å². The van der Waals surface area contributed by atoms with E-state index in [1.165, 1.54) is 0 Å². The van der Waals surface area contributed by atoms with Crippen molar-refractivity contribution in [2.75, 3.05) is 37.9 Å². The summed E-state index contributed by atoms with van der Waals surface area (Å²) in [6.45, 7) is 2.33. The second-order valence-corrected chi connectivity index (χ2v) is 6.12. The van der Waals surface area contributed by atoms with Crippen LogP contribution in [0.25, 0.3) is 0 Å². The summed E-state index contributed by atoms with van der Waals surface area (Å²) in [5.41, 5.74) is 1.98. The molecular formula is C20H23N3O4. The molecule has 0 atom stereocenters. The number of likely N-dealkylation sites (N-methyl/N-ethyl adjacent to an activating group) is 1. The fraction of sp³-hybridized carbons (Fsp3) is 0.250. The van der Waals surface area contributed by atoms with E-state index in [9.17, 15) is 14.4 Å². The summed E-state index contributed by atoms with van der Waals surface area (Å²) in [6, 6.07) is 12.7. The molecule has 0 unspecified atom stereocenters. The van der Waals surface area contributed by atoms with Gasteiger partial charge in [0.2, 0.25) is 0 Å². The average Bonchev–Trinajstić information content (AvgIpc) is 2.62. The molecule has 2 amide bonds. The molecule has 0 aliphatic heterocycles. The van der Waals surface area contributed by atoms with E-state index in [-0.39, 0.29) is 5.78 Å². The van der Waals surface area contributed by atoms with Gasteiger partial charge in [-0.05, 0) is 57.4 Å². The monoisotopic (exact) mass is 369 g/mol. The maximum atomic E-state index is 12.2. The average molecular weight is 369 g/mol. The second kappa shape index (κ2) is 9.49. The number of esters is 1. The van der Waals surface area contributed by atoms with Crippen LogP contribution in [0.4, 0.5) is 16.2 Å². The van der Waals surface area contributed by atoms with Gasteiger partial charge < -0.3 is 20.3 Å². The van der Waals surface area contributed by atoms with Crippen molar-refractivity contribution in [3.8, 4) is 0 Å². The van der Waals surface area contributed by atoms with Crippen LogP contribution in [-0.4, -0.2) is 49.9 Å². The van der Waals surface area contributed by atoms with Crippen molar-refractivity contribution in [2.45, 2.75) is 6.92 Å². The van der Waals surface area contributed by atoms with Gasteiger partial charge in [0.05, 0.1) is 18.7 Å². The van der Waals surface area contributed by atoms with Gasteiger partial charge in [-0.25, -0.2) is 9.59 Å². The summed E-state index contributed by atoms with van der Waals surface area (Å²) in [5, 5.41) is 5.36. The van der Waals surface area contributed by atoms with Gasteiger partial charge in [-0.1, -0.05) is 12.1 Å². The van der Waals surface area contributed by atoms with Gasteiger partial charge in [-0.3, -0.25) is 4.79 Å². The van der Waals surface area contributed by atoms with Crippen molar-refractivity contribution < 1.29 is 19.1 Å². The van der Waals surface area contributed by atoms with Gasteiger partial charge in [0.25, 0.3) is 0 Å². The predicted octanol–water partition coefficient (Wildman–Crippen LogP) is 3.25. The summed E-state index contributed by atoms with van der Waals surface area (Å²) in [7, 11) is 3.64. The molecule has 0 bridgehead atoms. The highest BCUT2D eigenvalue weighted by atomic mass is 16.5. The zero-order chi connectivity index (χ0) is 19.8. The quantitative estimate of drug-likeness (QED) is 0.578. The first-order valence-corrected chi connectivity index (χ1v) is 8.52. The molecule has 0 aliphatic rings. The van der Waals surface area contributed by atoms with Gasteiger partial charge in [0, 0.05) is 16.9 Å². The lowest BCUT2D eigenvalue weighted by atomic mass is 10.1. The van der Waals surface area contributed by atoms with Crippen LogP contribution in [-0.2, 0) is 4.74 Å². The van der Waals surface area contributed by atoms with Gasteiger partial charge in [-0.15, -0.1) is 0 Å². The van der Waals surface area contributed by atoms with E-state index >= 15 is 0 Å². The molecule has 0 spiro atoms. The largest absolute Gasteiger partial charge is 0.462 e. The molecule has 27 heavy (non-hydrogen) atoms. The van der Waals surface area contributed by atoms with Crippen molar-refractivity contribution in [3.05, 3.63) is 59.7 Å². The van der Waals surface area contributed by atoms with Crippen LogP contribution in [0.2, 0.25) is 0 Å². The normalized spacial score (nSPS) is 10.4. The standard InChI is InChI=1S/C20H23N3O4/c1-4-27-19(25)14-8-10-16(11-9-14)21-20(26)22-17-7-5-6-15(12-17)18(24)13-23(2)3/h5-12H,4,13H2,1-3H3,(H2,21,22,26). The minimum absolute atomic E-state index is 0.0291. The van der Waals surface area contributed by atoms with Crippen molar-refractivity contribution >= 4 is 29.2 Å². The molecular weight excluding hydrogens is 346 g/mol. The van der Waals surface area contributed by atoms with E-state index in [0.29, 0.717) is 35.7 Å². The lowest BCUT2D eigenvalue weighted by molar-refractivity contribution is 0.0526. The molecule has 2 N–H and O–H groups in total. The Bertz CT molecular complexity index is 816. The van der Waals surface area contributed by atoms with E-state index in [1.807, 2.05) is 14.1 Å². The Morgan fingerprint density at radius 2 is 1.59 bits per heavy atom. The predicted molar refractivity (Wildman–Crippen MR) is 104 cm³/mol. The Balaban J connectivity index is 1.97. The Hall–Kier alpha value is -3.19. The van der Waals surface area contributed by atoms with Crippen LogP contribution in [0.5, 0.6) is 0 Å². The molecule has 7 heteroatoms. The third-order valence-corrected chi connectivity index (χ3v) is 3.56. The number of nitrogens with one attached hydrogen (secondary N) is 2. The number of hydrogen-bond donors (Lipinski definition) is 2. The van der Waals surface area contributed by atoms with Crippen molar-refractivity contribution in [3.63, 3.8) is 0 Å². The molecule has 0 saturated heterocycles. The number of ketones is 1. The topological polar surface area (TPSA) is 87.7 Å². The fourth-order valence-electron chi connectivity index (χ4n) is 2.35. The number of amides is 2. The van der Waals surface area contributed by atoms with Gasteiger partial charge in [0.1, 0.15) is 0 Å². The molecule has 0 heterocycles. The maximum absolute atomic E-state index is 12.2. The summed E-state index contributed by atoms with van der Waals surface area (Å²) < 4.78 is 4.91. The fourth-order valence-corrected chi connectivity index (χ4v) is 2.35. The third-order valence-electron chi connectivity index (χ3n) is 3.56. The van der Waals surface area contributed by atoms with E-state index in [2.05, 4.69) is 10.6 Å². The number of ether oxygens (including phenoxy) is 1. The first-order chi connectivity index (χ1) is 12.9. The number of anilines is 2. The van der Waals surface area contributed by atoms with Gasteiger partial charge in [-0.2, -0.15) is 0 Å². The molecule has 7 nitrogen and oxygen atoms in total. The van der Waals surface area contributed by atoms with Crippen LogP contribution in [0.3, 0.4) is 0 Å². The lowest BCUT2D eigenvalue weighted by Gasteiger charge is -2.11. The molecule has 0 saturated carbocycles. The maximum Gasteiger partial charge on any atom is 0.338 e. The number of carbonyl (C=O) groups is 3. The summed E-state index contributed by atoms with van der Waals surface area (Å²) in [4.78, 5) is 37.7. The highest BCUT2D eigenvalue weighted by molar-refractivity contribution is 6.02. The minimum atomic E-state index is -0.448. The van der Waals surface area contributed by atoms with Crippen LogP contribution < -0.4 is 10.6 Å². The summed E-state index contributed by atoms with van der Waals surface area (Å²) in [6.07, 6.45) is 0. The smallest absolute Gasteiger partial charge is 0.338 e. The van der Waals surface area contributed by atoms with E-state index in [0.717, 1.165) is 0 Å². The molecule has 142 valence electrons. The SMILES string of the molecule is CCOC(=O)c1ccc(NC(=O)Nc2cccc(C(=O)CN(C)C)c2)cc1. The highest BCUT2D eigenvalue weighted by Crippen LogP contribution is 2.14. The first-order valence-electron chi connectivity index (χ1n) is 8.52. The third kappa shape index (κ3) is 6.23. The molecule has 2 rings (SSSR count). The number of Topliss-reactive ketones (excluding diaryl/α,β-unsaturated/α-hetero) is 1.